The molecule has 0 fully saturated rings. The van der Waals surface area contributed by atoms with Crippen LogP contribution in [0.5, 0.6) is 0 Å². The van der Waals surface area contributed by atoms with Crippen LogP contribution < -0.4 is 0 Å². The van der Waals surface area contributed by atoms with Crippen molar-refractivity contribution in [1.82, 2.24) is 24.9 Å². The zero-order valence-corrected chi connectivity index (χ0v) is 18.6. The minimum atomic E-state index is 0.443. The van der Waals surface area contributed by atoms with Gasteiger partial charge in [-0.1, -0.05) is 30.3 Å². The van der Waals surface area contributed by atoms with E-state index in [0.717, 1.165) is 28.3 Å². The smallest absolute Gasteiger partial charge is 0.256 e. The first-order chi connectivity index (χ1) is 17.3. The van der Waals surface area contributed by atoms with Crippen molar-refractivity contribution < 1.29 is 4.70 Å². The minimum Gasteiger partial charge on any atom is -0.256 e. The van der Waals surface area contributed by atoms with Crippen LogP contribution in [-0.4, -0.2) is 41.9 Å². The molecule has 0 atom stereocenters. The first kappa shape index (κ1) is 20.6. The summed E-state index contributed by atoms with van der Waals surface area (Å²) in [5, 5.41) is 8.81. The van der Waals surface area contributed by atoms with E-state index in [9.17, 15) is 0 Å². The van der Waals surface area contributed by atoms with Crippen LogP contribution in [0.2, 0.25) is 0 Å². The van der Waals surface area contributed by atoms with Crippen LogP contribution >= 0.6 is 0 Å². The summed E-state index contributed by atoms with van der Waals surface area (Å²) in [5.74, 6) is 0.501. The lowest BCUT2D eigenvalue weighted by atomic mass is 10.1. The molecule has 0 bridgehead atoms. The number of pyridine rings is 3. The lowest BCUT2D eigenvalue weighted by molar-refractivity contribution is -0.492. The Morgan fingerprint density at radius 1 is 0.571 bits per heavy atom. The maximum Gasteiger partial charge on any atom is 0.268 e. The fourth-order valence-corrected chi connectivity index (χ4v) is 3.80. The van der Waals surface area contributed by atoms with Crippen molar-refractivity contribution in [2.24, 2.45) is 10.3 Å². The Balaban J connectivity index is 1.33. The Kier molecular flexibility index (Phi) is 5.36. The van der Waals surface area contributed by atoms with Gasteiger partial charge in [-0.2, -0.15) is 0 Å². The Morgan fingerprint density at radius 2 is 1.20 bits per heavy atom. The SMILES string of the molecule is c1ccc(-c2cccc([N+]3=NN=C(c4nc(-c5ccccn5)cc(-c5ccccn5)n4)C3)c2)nc1. The third-order valence-electron chi connectivity index (χ3n) is 5.52. The number of nitrogens with zero attached hydrogens (tertiary/aromatic N) is 8. The second kappa shape index (κ2) is 9.11. The first-order valence-electron chi connectivity index (χ1n) is 11.1. The van der Waals surface area contributed by atoms with Gasteiger partial charge in [0.1, 0.15) is 5.22 Å². The summed E-state index contributed by atoms with van der Waals surface area (Å²) >= 11 is 0. The van der Waals surface area contributed by atoms with Gasteiger partial charge in [0, 0.05) is 24.2 Å². The predicted molar refractivity (Wildman–Crippen MR) is 132 cm³/mol. The van der Waals surface area contributed by atoms with Crippen LogP contribution in [0.25, 0.3) is 34.0 Å². The largest absolute Gasteiger partial charge is 0.268 e. The van der Waals surface area contributed by atoms with Gasteiger partial charge >= 0.3 is 0 Å². The fourth-order valence-electron chi connectivity index (χ4n) is 3.80. The highest BCUT2D eigenvalue weighted by molar-refractivity contribution is 5.99. The molecule has 4 aromatic heterocycles. The number of aromatic nitrogens is 5. The highest BCUT2D eigenvalue weighted by Crippen LogP contribution is 2.26. The van der Waals surface area contributed by atoms with E-state index in [1.54, 1.807) is 18.6 Å². The third-order valence-corrected chi connectivity index (χ3v) is 5.52. The van der Waals surface area contributed by atoms with Gasteiger partial charge in [0.25, 0.3) is 5.71 Å². The summed E-state index contributed by atoms with van der Waals surface area (Å²) < 4.78 is 1.83. The molecule has 5 aromatic rings. The zero-order chi connectivity index (χ0) is 23.5. The van der Waals surface area contributed by atoms with Crippen molar-refractivity contribution in [1.29, 1.82) is 0 Å². The molecule has 8 nitrogen and oxygen atoms in total. The van der Waals surface area contributed by atoms with Gasteiger partial charge in [0.05, 0.1) is 33.6 Å². The molecule has 0 N–H and O–H groups in total. The number of rotatable bonds is 5. The van der Waals surface area contributed by atoms with Crippen LogP contribution in [0.4, 0.5) is 5.69 Å². The molecular weight excluding hydrogens is 436 g/mol. The van der Waals surface area contributed by atoms with E-state index in [-0.39, 0.29) is 0 Å². The van der Waals surface area contributed by atoms with Crippen molar-refractivity contribution in [3.05, 3.63) is 109 Å². The molecule has 1 aliphatic rings. The number of hydrogen-bond acceptors (Lipinski definition) is 7. The predicted octanol–water partition coefficient (Wildman–Crippen LogP) is 5.18. The molecular formula is C27H19N8+. The molecule has 1 aliphatic heterocycles. The van der Waals surface area contributed by atoms with E-state index < -0.39 is 0 Å². The first-order valence-corrected chi connectivity index (χ1v) is 11.1. The molecule has 8 heteroatoms. The molecule has 35 heavy (non-hydrogen) atoms. The van der Waals surface area contributed by atoms with Gasteiger partial charge < -0.3 is 0 Å². The molecule has 0 amide bonds. The summed E-state index contributed by atoms with van der Waals surface area (Å²) in [4.78, 5) is 22.9. The monoisotopic (exact) mass is 455 g/mol. The van der Waals surface area contributed by atoms with Gasteiger partial charge in [-0.25, -0.2) is 9.97 Å². The normalized spacial score (nSPS) is 12.8. The maximum atomic E-state index is 4.78. The number of hydrogen-bond donors (Lipinski definition) is 0. The molecule has 1 aromatic carbocycles. The molecule has 0 spiro atoms. The van der Waals surface area contributed by atoms with Gasteiger partial charge in [0.2, 0.25) is 5.82 Å². The van der Waals surface area contributed by atoms with Crippen molar-refractivity contribution in [2.75, 3.05) is 6.54 Å². The Bertz CT molecular complexity index is 1490. The summed E-state index contributed by atoms with van der Waals surface area (Å²) in [5.41, 5.74) is 6.41. The van der Waals surface area contributed by atoms with E-state index in [4.69, 9.17) is 9.97 Å². The lowest BCUT2D eigenvalue weighted by Crippen LogP contribution is -2.15. The third kappa shape index (κ3) is 4.32. The van der Waals surface area contributed by atoms with Gasteiger partial charge in [0.15, 0.2) is 12.2 Å². The summed E-state index contributed by atoms with van der Waals surface area (Å²) in [6.45, 7) is 0.443. The van der Waals surface area contributed by atoms with Crippen molar-refractivity contribution in [3.63, 3.8) is 0 Å². The van der Waals surface area contributed by atoms with Crippen LogP contribution in [0, 0.1) is 0 Å². The lowest BCUT2D eigenvalue weighted by Gasteiger charge is -2.06. The molecule has 0 saturated heterocycles. The molecule has 6 rings (SSSR count). The van der Waals surface area contributed by atoms with Crippen molar-refractivity contribution in [3.8, 4) is 34.0 Å². The summed E-state index contributed by atoms with van der Waals surface area (Å²) in [7, 11) is 0. The molecule has 166 valence electrons. The topological polar surface area (TPSA) is 92.2 Å². The number of benzene rings is 1. The van der Waals surface area contributed by atoms with E-state index in [0.29, 0.717) is 29.5 Å². The van der Waals surface area contributed by atoms with Crippen molar-refractivity contribution in [2.45, 2.75) is 0 Å². The highest BCUT2D eigenvalue weighted by Gasteiger charge is 2.27. The van der Waals surface area contributed by atoms with Gasteiger partial charge in [-0.3, -0.25) is 15.0 Å². The van der Waals surface area contributed by atoms with Crippen LogP contribution in [-0.2, 0) is 0 Å². The van der Waals surface area contributed by atoms with Crippen LogP contribution in [0.3, 0.4) is 0 Å². The highest BCUT2D eigenvalue weighted by atomic mass is 15.5. The van der Waals surface area contributed by atoms with E-state index in [2.05, 4.69) is 31.3 Å². The molecule has 5 heterocycles. The molecule has 0 radical (unpaired) electrons. The summed E-state index contributed by atoms with van der Waals surface area (Å²) in [6, 6.07) is 27.3. The second-order valence-corrected chi connectivity index (χ2v) is 7.85. The average molecular weight is 456 g/mol. The standard InChI is InChI=1S/C27H19N8/c1-4-13-28-21(10-1)19-8-7-9-20(16-19)35-18-26(33-34-35)27-31-24(22-11-2-5-14-29-22)17-25(32-27)23-12-3-6-15-30-23/h1-17H,18H2/q+1. The Morgan fingerprint density at radius 3 is 1.80 bits per heavy atom. The zero-order valence-electron chi connectivity index (χ0n) is 18.6. The summed E-state index contributed by atoms with van der Waals surface area (Å²) in [6.07, 6.45) is 5.28. The quantitative estimate of drug-likeness (QED) is 0.341. The van der Waals surface area contributed by atoms with E-state index in [1.165, 1.54) is 0 Å². The van der Waals surface area contributed by atoms with Crippen LogP contribution in [0.15, 0.2) is 114 Å². The van der Waals surface area contributed by atoms with E-state index >= 15 is 0 Å². The molecule has 0 aliphatic carbocycles. The van der Waals surface area contributed by atoms with Crippen molar-refractivity contribution >= 4 is 11.4 Å². The molecule has 0 unspecified atom stereocenters. The Hall–Kier alpha value is -4.98. The average Bonchev–Trinajstić information content (AvgIpc) is 3.45. The Labute approximate surface area is 201 Å². The van der Waals surface area contributed by atoms with E-state index in [1.807, 2.05) is 83.6 Å². The second-order valence-electron chi connectivity index (χ2n) is 7.85. The minimum absolute atomic E-state index is 0.443. The van der Waals surface area contributed by atoms with Crippen LogP contribution in [0.1, 0.15) is 5.82 Å². The fraction of sp³-hybridized carbons (Fsp3) is 0.0370. The molecule has 0 saturated carbocycles. The van der Waals surface area contributed by atoms with Gasteiger partial charge in [-0.15, -0.1) is 4.70 Å². The van der Waals surface area contributed by atoms with Gasteiger partial charge in [-0.05, 0) is 54.6 Å². The maximum absolute atomic E-state index is 4.78.